The van der Waals surface area contributed by atoms with Gasteiger partial charge in [0.25, 0.3) is 0 Å². The van der Waals surface area contributed by atoms with Crippen molar-refractivity contribution in [2.24, 2.45) is 10.8 Å². The second kappa shape index (κ2) is 14.5. The molecule has 0 unspecified atom stereocenters. The number of nitrogens with zero attached hydrogens (tertiary/aromatic N) is 2. The first-order chi connectivity index (χ1) is 22.7. The molecule has 0 saturated heterocycles. The molecule has 0 aliphatic carbocycles. The predicted molar refractivity (Wildman–Crippen MR) is 200 cm³/mol. The van der Waals surface area contributed by atoms with Crippen molar-refractivity contribution < 1.29 is 30.0 Å². The summed E-state index contributed by atoms with van der Waals surface area (Å²) < 4.78 is 5.13. The van der Waals surface area contributed by atoms with Crippen LogP contribution in [0.4, 0.5) is 0 Å². The Bertz CT molecular complexity index is 2260. The quantitative estimate of drug-likeness (QED) is 0.0716. The van der Waals surface area contributed by atoms with Gasteiger partial charge >= 0.3 is 179 Å². The number of hydrogen-bond donors (Lipinski definition) is 1. The maximum absolute atomic E-state index is 12.2. The van der Waals surface area contributed by atoms with Crippen LogP contribution in [0, 0.1) is 16.9 Å². The van der Waals surface area contributed by atoms with Crippen molar-refractivity contribution in [3.63, 3.8) is 0 Å². The van der Waals surface area contributed by atoms with Crippen LogP contribution < -0.4 is 0 Å². The van der Waals surface area contributed by atoms with Crippen LogP contribution in [-0.4, -0.2) is 34.9 Å². The van der Waals surface area contributed by atoms with E-state index in [1.54, 1.807) is 0 Å². The van der Waals surface area contributed by atoms with Crippen LogP contribution in [0.25, 0.3) is 57.8 Å². The average Bonchev–Trinajstić information content (AvgIpc) is 3.39. The second-order valence-corrected chi connectivity index (χ2v) is 15.3. The number of para-hydroxylation sites is 2. The first-order valence-corrected chi connectivity index (χ1v) is 18.5. The SMILES string of the molecule is CCC(C)(CC)C(=O)/C=C(\O)C(C)(CC)CC.[Ir].[c-]1ccc2c3c1c1nc4ccccc4cc1[se]c1cccc(c13)n2-c1ccccc1. The Morgan fingerprint density at radius 2 is 1.46 bits per heavy atom. The van der Waals surface area contributed by atoms with E-state index in [1.165, 1.54) is 47.5 Å². The molecule has 4 nitrogen and oxygen atoms in total. The van der Waals surface area contributed by atoms with E-state index < -0.39 is 0 Å². The molecule has 7 rings (SSSR count). The van der Waals surface area contributed by atoms with Crippen molar-refractivity contribution in [1.82, 2.24) is 9.55 Å². The topological polar surface area (TPSA) is 55.1 Å². The molecule has 1 N–H and O–H groups in total. The zero-order chi connectivity index (χ0) is 33.3. The Kier molecular flexibility index (Phi) is 10.8. The normalized spacial score (nSPS) is 12.4. The molecule has 0 atom stereocenters. The van der Waals surface area contributed by atoms with Crippen LogP contribution in [0.15, 0.2) is 103 Å². The van der Waals surface area contributed by atoms with Crippen molar-refractivity contribution >= 4 is 72.4 Å². The van der Waals surface area contributed by atoms with Gasteiger partial charge in [0.2, 0.25) is 0 Å². The number of hydrogen-bond acceptors (Lipinski definition) is 3. The molecule has 0 saturated carbocycles. The van der Waals surface area contributed by atoms with Crippen LogP contribution in [0.5, 0.6) is 0 Å². The average molecular weight is 879 g/mol. The molecule has 0 aliphatic heterocycles. The Morgan fingerprint density at radius 1 is 0.812 bits per heavy atom. The number of allylic oxidation sites excluding steroid dienone is 2. The Hall–Kier alpha value is -3.53. The number of ketones is 1. The summed E-state index contributed by atoms with van der Waals surface area (Å²) in [6, 6.07) is 35.9. The van der Waals surface area contributed by atoms with Gasteiger partial charge in [-0.2, -0.15) is 0 Å². The third-order valence-electron chi connectivity index (χ3n) is 10.5. The van der Waals surface area contributed by atoms with Crippen molar-refractivity contribution in [1.29, 1.82) is 0 Å². The van der Waals surface area contributed by atoms with Gasteiger partial charge in [-0.05, 0) is 25.7 Å². The minimum absolute atomic E-state index is 0. The van der Waals surface area contributed by atoms with Crippen LogP contribution in [0.1, 0.15) is 67.2 Å². The van der Waals surface area contributed by atoms with Crippen LogP contribution in [0.3, 0.4) is 0 Å². The third kappa shape index (κ3) is 6.32. The summed E-state index contributed by atoms with van der Waals surface area (Å²) in [6.45, 7) is 12.1. The molecule has 4 aromatic carbocycles. The van der Waals surface area contributed by atoms with E-state index in [9.17, 15) is 9.90 Å². The van der Waals surface area contributed by atoms with Crippen LogP contribution in [-0.2, 0) is 24.9 Å². The van der Waals surface area contributed by atoms with Crippen molar-refractivity contribution in [2.75, 3.05) is 0 Å². The number of fused-ring (bicyclic) bond motifs is 3. The van der Waals surface area contributed by atoms with E-state index in [4.69, 9.17) is 4.98 Å². The van der Waals surface area contributed by atoms with Gasteiger partial charge in [0.15, 0.2) is 5.78 Å². The molecule has 249 valence electrons. The molecule has 0 aliphatic rings. The molecule has 6 heteroatoms. The molecule has 0 fully saturated rings. The number of pyridine rings is 1. The summed E-state index contributed by atoms with van der Waals surface area (Å²) in [5.41, 5.74) is 5.19. The third-order valence-corrected chi connectivity index (χ3v) is 12.8. The van der Waals surface area contributed by atoms with Crippen molar-refractivity contribution in [2.45, 2.75) is 67.2 Å². The molecular weight excluding hydrogens is 836 g/mol. The zero-order valence-corrected chi connectivity index (χ0v) is 32.7. The molecule has 7 aromatic rings. The molecular formula is C42H43IrN2O2Se-. The molecule has 3 aromatic heterocycles. The fourth-order valence-corrected chi connectivity index (χ4v) is 8.65. The molecule has 3 heterocycles. The Morgan fingerprint density at radius 3 is 2.15 bits per heavy atom. The van der Waals surface area contributed by atoms with Gasteiger partial charge in [-0.25, -0.2) is 0 Å². The number of aliphatic hydroxyl groups excluding tert-OH is 1. The molecule has 0 spiro atoms. The fraction of sp³-hybridized carbons (Fsp3) is 0.286. The summed E-state index contributed by atoms with van der Waals surface area (Å²) in [5.74, 6) is 0.286. The monoisotopic (exact) mass is 880 g/mol. The summed E-state index contributed by atoms with van der Waals surface area (Å²) in [6.07, 6.45) is 4.75. The van der Waals surface area contributed by atoms with Gasteiger partial charge in [-0.1, -0.05) is 41.5 Å². The van der Waals surface area contributed by atoms with Crippen molar-refractivity contribution in [3.05, 3.63) is 109 Å². The number of carbonyl (C=O) groups is 1. The number of rotatable bonds is 8. The number of aliphatic hydroxyl groups is 1. The van der Waals surface area contributed by atoms with E-state index in [-0.39, 0.29) is 57.0 Å². The fourth-order valence-electron chi connectivity index (χ4n) is 6.30. The standard InChI is InChI=1S/C27H15N2Se.C15H28O2.Ir/c1-2-9-18(10-3-1)29-21-13-6-11-19-25(21)26-22(29)14-7-15-23(26)30-24-16-17-8-4-5-12-20(17)28-27(19)24;1-7-14(5,8-2)12(16)11-13(17)15(6,9-3)10-4;/h1-10,12-16H;11,16H,7-10H2,1-6H3;/q-1;;/b;12-11-;. The summed E-state index contributed by atoms with van der Waals surface area (Å²) >= 11 is 0.175. The first-order valence-electron chi connectivity index (χ1n) is 16.7. The molecule has 0 bridgehead atoms. The van der Waals surface area contributed by atoms with Gasteiger partial charge in [-0.15, -0.1) is 0 Å². The van der Waals surface area contributed by atoms with E-state index in [0.717, 1.165) is 42.1 Å². The molecule has 1 radical (unpaired) electrons. The van der Waals surface area contributed by atoms with Crippen molar-refractivity contribution in [3.8, 4) is 5.69 Å². The van der Waals surface area contributed by atoms with Gasteiger partial charge in [-0.3, -0.25) is 4.79 Å². The summed E-state index contributed by atoms with van der Waals surface area (Å²) in [7, 11) is 0. The Labute approximate surface area is 303 Å². The van der Waals surface area contributed by atoms with Gasteiger partial charge in [0, 0.05) is 37.0 Å². The summed E-state index contributed by atoms with van der Waals surface area (Å²) in [5, 5.41) is 15.1. The first kappa shape index (κ1) is 35.8. The number of benzene rings is 4. The predicted octanol–water partition coefficient (Wildman–Crippen LogP) is 11.1. The van der Waals surface area contributed by atoms with E-state index >= 15 is 0 Å². The van der Waals surface area contributed by atoms with Crippen LogP contribution in [0.2, 0.25) is 0 Å². The van der Waals surface area contributed by atoms with E-state index in [0.29, 0.717) is 0 Å². The van der Waals surface area contributed by atoms with Crippen LogP contribution >= 0.6 is 0 Å². The number of carbonyl (C=O) groups excluding carboxylic acids is 1. The van der Waals surface area contributed by atoms with Gasteiger partial charge in [0.1, 0.15) is 5.76 Å². The van der Waals surface area contributed by atoms with Gasteiger partial charge < -0.3 is 5.11 Å². The van der Waals surface area contributed by atoms with E-state index in [1.807, 2.05) is 41.5 Å². The summed E-state index contributed by atoms with van der Waals surface area (Å²) in [4.78, 5) is 17.3. The Balaban J connectivity index is 0.000000218. The minimum atomic E-state index is -0.337. The second-order valence-electron chi connectivity index (χ2n) is 13.0. The molecule has 48 heavy (non-hydrogen) atoms. The zero-order valence-electron chi connectivity index (χ0n) is 28.6. The maximum atomic E-state index is 12.2. The molecule has 0 amide bonds. The van der Waals surface area contributed by atoms with E-state index in [2.05, 4.69) is 102 Å². The van der Waals surface area contributed by atoms with Gasteiger partial charge in [0.05, 0.1) is 0 Å². The number of aromatic nitrogens is 2.